The van der Waals surface area contributed by atoms with Gasteiger partial charge in [-0.05, 0) is 88.3 Å². The standard InChI is InChI=1S/C32H42Cl2N4O3S/c1-32(2,3)41-31(40)35-14-8-4-5-9-22-17-26(34)23(18-25(22)33)19-36-21-42-20-29(36)30(39)38-16-15-37(24-12-13-24)27-10-6-7-11-28(27)38/h6-7,10-11,17-18,24,29H,4-5,8-9,12-16,19-21H2,1-3H3,(H,35,40). The molecule has 1 N–H and O–H groups in total. The second-order valence-corrected chi connectivity index (χ2v) is 14.3. The summed E-state index contributed by atoms with van der Waals surface area (Å²) in [5.74, 6) is 1.73. The van der Waals surface area contributed by atoms with Crippen molar-refractivity contribution in [2.45, 2.75) is 83.5 Å². The summed E-state index contributed by atoms with van der Waals surface area (Å²) in [7, 11) is 0. The van der Waals surface area contributed by atoms with Gasteiger partial charge in [-0.15, -0.1) is 11.8 Å². The van der Waals surface area contributed by atoms with Crippen LogP contribution in [0, 0.1) is 0 Å². The van der Waals surface area contributed by atoms with E-state index in [4.69, 9.17) is 27.9 Å². The summed E-state index contributed by atoms with van der Waals surface area (Å²) < 4.78 is 5.27. The van der Waals surface area contributed by atoms with E-state index in [0.717, 1.165) is 67.2 Å². The van der Waals surface area contributed by atoms with Crippen molar-refractivity contribution >= 4 is 58.3 Å². The first-order valence-corrected chi connectivity index (χ1v) is 16.9. The summed E-state index contributed by atoms with van der Waals surface area (Å²) in [5.41, 5.74) is 3.70. The minimum Gasteiger partial charge on any atom is -0.444 e. The van der Waals surface area contributed by atoms with Crippen LogP contribution in [0.3, 0.4) is 0 Å². The van der Waals surface area contributed by atoms with Crippen molar-refractivity contribution in [1.29, 1.82) is 0 Å². The maximum Gasteiger partial charge on any atom is 0.407 e. The molecule has 2 aromatic rings. The largest absolute Gasteiger partial charge is 0.444 e. The van der Waals surface area contributed by atoms with Crippen LogP contribution in [0.2, 0.25) is 10.0 Å². The van der Waals surface area contributed by atoms with Gasteiger partial charge in [-0.1, -0.05) is 41.8 Å². The van der Waals surface area contributed by atoms with Gasteiger partial charge in [-0.2, -0.15) is 0 Å². The number of anilines is 2. The third-order valence-electron chi connectivity index (χ3n) is 7.94. The van der Waals surface area contributed by atoms with E-state index < -0.39 is 5.60 Å². The molecule has 228 valence electrons. The molecule has 1 atom stereocenters. The van der Waals surface area contributed by atoms with Gasteiger partial charge in [0.15, 0.2) is 0 Å². The Labute approximate surface area is 264 Å². The fraction of sp³-hybridized carbons (Fsp3) is 0.562. The van der Waals surface area contributed by atoms with Crippen molar-refractivity contribution in [3.05, 3.63) is 57.6 Å². The number of nitrogens with zero attached hydrogens (tertiary/aromatic N) is 3. The molecule has 2 heterocycles. The lowest BCUT2D eigenvalue weighted by Crippen LogP contribution is -2.52. The van der Waals surface area contributed by atoms with Crippen LogP contribution in [-0.4, -0.2) is 65.8 Å². The van der Waals surface area contributed by atoms with Crippen LogP contribution in [0.25, 0.3) is 0 Å². The van der Waals surface area contributed by atoms with E-state index >= 15 is 0 Å². The summed E-state index contributed by atoms with van der Waals surface area (Å²) in [6.07, 6.45) is 5.69. The lowest BCUT2D eigenvalue weighted by atomic mass is 10.0. The van der Waals surface area contributed by atoms with E-state index in [9.17, 15) is 9.59 Å². The van der Waals surface area contributed by atoms with Crippen LogP contribution in [0.1, 0.15) is 64.0 Å². The van der Waals surface area contributed by atoms with Gasteiger partial charge >= 0.3 is 6.09 Å². The van der Waals surface area contributed by atoms with Crippen molar-refractivity contribution in [3.63, 3.8) is 0 Å². The van der Waals surface area contributed by atoms with Gasteiger partial charge in [0, 0.05) is 53.9 Å². The van der Waals surface area contributed by atoms with E-state index in [0.29, 0.717) is 29.2 Å². The van der Waals surface area contributed by atoms with Gasteiger partial charge < -0.3 is 19.9 Å². The molecule has 42 heavy (non-hydrogen) atoms. The van der Waals surface area contributed by atoms with E-state index in [1.807, 2.05) is 43.9 Å². The van der Waals surface area contributed by atoms with Crippen LogP contribution in [-0.2, 0) is 22.5 Å². The van der Waals surface area contributed by atoms with Crippen LogP contribution in [0.15, 0.2) is 36.4 Å². The highest BCUT2D eigenvalue weighted by Crippen LogP contribution is 2.41. The Bertz CT molecular complexity index is 1280. The number of hydrogen-bond donors (Lipinski definition) is 1. The molecule has 2 aromatic carbocycles. The number of carbonyl (C=O) groups is 2. The molecular formula is C32H42Cl2N4O3S. The molecule has 10 heteroatoms. The van der Waals surface area contributed by atoms with Gasteiger partial charge in [0.1, 0.15) is 5.60 Å². The van der Waals surface area contributed by atoms with Gasteiger partial charge in [0.05, 0.1) is 17.4 Å². The van der Waals surface area contributed by atoms with Gasteiger partial charge in [0.25, 0.3) is 0 Å². The number of halogens is 2. The number of aryl methyl sites for hydroxylation is 1. The monoisotopic (exact) mass is 632 g/mol. The van der Waals surface area contributed by atoms with Crippen molar-refractivity contribution in [1.82, 2.24) is 10.2 Å². The van der Waals surface area contributed by atoms with Crippen LogP contribution in [0.4, 0.5) is 16.2 Å². The maximum atomic E-state index is 13.9. The predicted octanol–water partition coefficient (Wildman–Crippen LogP) is 7.12. The molecule has 1 saturated heterocycles. The third kappa shape index (κ3) is 7.87. The number of amides is 2. The summed E-state index contributed by atoms with van der Waals surface area (Å²) in [4.78, 5) is 32.4. The number of fused-ring (bicyclic) bond motifs is 1. The second kappa shape index (κ2) is 13.7. The third-order valence-corrected chi connectivity index (χ3v) is 9.71. The maximum absolute atomic E-state index is 13.9. The smallest absolute Gasteiger partial charge is 0.407 e. The number of ether oxygens (including phenoxy) is 1. The Morgan fingerprint density at radius 3 is 2.45 bits per heavy atom. The van der Waals surface area contributed by atoms with Crippen molar-refractivity contribution in [2.24, 2.45) is 0 Å². The highest BCUT2D eigenvalue weighted by molar-refractivity contribution is 7.99. The van der Waals surface area contributed by atoms with E-state index in [1.165, 1.54) is 18.5 Å². The first-order chi connectivity index (χ1) is 20.1. The van der Waals surface area contributed by atoms with Crippen molar-refractivity contribution < 1.29 is 14.3 Å². The Morgan fingerprint density at radius 2 is 1.71 bits per heavy atom. The fourth-order valence-corrected chi connectivity index (χ4v) is 7.42. The second-order valence-electron chi connectivity index (χ2n) is 12.4. The minimum atomic E-state index is -0.492. The quantitative estimate of drug-likeness (QED) is 0.281. The molecule has 2 amide bonds. The zero-order valence-electron chi connectivity index (χ0n) is 24.8. The normalized spacial score (nSPS) is 19.1. The van der Waals surface area contributed by atoms with Crippen LogP contribution in [0.5, 0.6) is 0 Å². The first-order valence-electron chi connectivity index (χ1n) is 15.0. The number of para-hydroxylation sites is 2. The molecule has 0 bridgehead atoms. The molecule has 7 nitrogen and oxygen atoms in total. The molecule has 0 aromatic heterocycles. The molecule has 0 radical (unpaired) electrons. The Balaban J connectivity index is 1.14. The lowest BCUT2D eigenvalue weighted by Gasteiger charge is -2.39. The molecule has 1 unspecified atom stereocenters. The predicted molar refractivity (Wildman–Crippen MR) is 174 cm³/mol. The summed E-state index contributed by atoms with van der Waals surface area (Å²) >= 11 is 15.3. The molecule has 2 fully saturated rings. The number of nitrogens with one attached hydrogen (secondary N) is 1. The number of thioether (sulfide) groups is 1. The topological polar surface area (TPSA) is 65.1 Å². The van der Waals surface area contributed by atoms with Gasteiger partial charge in [-0.25, -0.2) is 4.79 Å². The summed E-state index contributed by atoms with van der Waals surface area (Å²) in [5, 5.41) is 4.20. The number of hydrogen-bond acceptors (Lipinski definition) is 6. The zero-order valence-corrected chi connectivity index (χ0v) is 27.2. The highest BCUT2D eigenvalue weighted by atomic mass is 35.5. The zero-order chi connectivity index (χ0) is 29.9. The summed E-state index contributed by atoms with van der Waals surface area (Å²) in [6, 6.07) is 12.7. The Hall–Kier alpha value is -2.13. The molecule has 2 aliphatic heterocycles. The number of benzene rings is 2. The molecule has 1 saturated carbocycles. The molecular weight excluding hydrogens is 591 g/mol. The fourth-order valence-electron chi connectivity index (χ4n) is 5.70. The molecule has 3 aliphatic rings. The average molecular weight is 634 g/mol. The van der Waals surface area contributed by atoms with E-state index in [-0.39, 0.29) is 18.0 Å². The Morgan fingerprint density at radius 1 is 1.00 bits per heavy atom. The van der Waals surface area contributed by atoms with Crippen LogP contribution < -0.4 is 15.1 Å². The number of carbonyl (C=O) groups excluding carboxylic acids is 2. The molecule has 0 spiro atoms. The van der Waals surface area contributed by atoms with Crippen molar-refractivity contribution in [2.75, 3.05) is 41.1 Å². The summed E-state index contributed by atoms with van der Waals surface area (Å²) in [6.45, 7) is 8.33. The van der Waals surface area contributed by atoms with E-state index in [2.05, 4.69) is 33.3 Å². The average Bonchev–Trinajstić information content (AvgIpc) is 3.68. The first kappa shape index (κ1) is 31.3. The lowest BCUT2D eigenvalue weighted by molar-refractivity contribution is -0.122. The van der Waals surface area contributed by atoms with Gasteiger partial charge in [0.2, 0.25) is 5.91 Å². The number of rotatable bonds is 10. The van der Waals surface area contributed by atoms with Gasteiger partial charge in [-0.3, -0.25) is 9.69 Å². The van der Waals surface area contributed by atoms with E-state index in [1.54, 1.807) is 11.8 Å². The highest BCUT2D eigenvalue weighted by Gasteiger charge is 2.40. The molecule has 5 rings (SSSR count). The Kier molecular flexibility index (Phi) is 10.2. The number of unbranched alkanes of at least 4 members (excludes halogenated alkanes) is 2. The molecule has 1 aliphatic carbocycles. The number of alkyl carbamates (subject to hydrolysis) is 1. The van der Waals surface area contributed by atoms with Crippen LogP contribution >= 0.6 is 35.0 Å². The van der Waals surface area contributed by atoms with Crippen molar-refractivity contribution in [3.8, 4) is 0 Å². The SMILES string of the molecule is CC(C)(C)OC(=O)NCCCCCc1cc(Cl)c(CN2CSCC2C(=O)N2CCN(C3CC3)c3ccccc32)cc1Cl. The minimum absolute atomic E-state index is 0.169.